The maximum absolute atomic E-state index is 11.4. The Morgan fingerprint density at radius 1 is 1.17 bits per heavy atom. The van der Waals surface area contributed by atoms with Crippen LogP contribution in [0.3, 0.4) is 0 Å². The first-order valence-corrected chi connectivity index (χ1v) is 6.77. The van der Waals surface area contributed by atoms with Gasteiger partial charge in [0.25, 0.3) is 10.1 Å². The smallest absolute Gasteiger partial charge is 1.00 e. The van der Waals surface area contributed by atoms with Gasteiger partial charge >= 0.3 is 51.4 Å². The molecule has 0 radical (unpaired) electrons. The van der Waals surface area contributed by atoms with Crippen LogP contribution in [0.5, 0.6) is 5.75 Å². The summed E-state index contributed by atoms with van der Waals surface area (Å²) in [5.74, 6) is -0.0507. The Balaban J connectivity index is 0. The van der Waals surface area contributed by atoms with E-state index >= 15 is 0 Å². The van der Waals surface area contributed by atoms with Crippen molar-refractivity contribution in [1.82, 2.24) is 0 Å². The molecule has 1 aromatic rings. The second-order valence-electron chi connectivity index (χ2n) is 3.48. The monoisotopic (exact) mass is 298 g/mol. The van der Waals surface area contributed by atoms with E-state index in [1.165, 1.54) is 6.07 Å². The molecule has 0 aliphatic carbocycles. The largest absolute Gasteiger partial charge is 1.00 e. The van der Waals surface area contributed by atoms with Crippen molar-refractivity contribution in [2.75, 3.05) is 12.4 Å². The predicted molar refractivity (Wildman–Crippen MR) is 65.0 cm³/mol. The molecular formula is C11H15KO5S. The van der Waals surface area contributed by atoms with Crippen LogP contribution in [0.15, 0.2) is 35.1 Å². The predicted octanol–water partition coefficient (Wildman–Crippen LogP) is -1.79. The normalized spacial score (nSPS) is 10.5. The van der Waals surface area contributed by atoms with E-state index in [0.29, 0.717) is 12.8 Å². The summed E-state index contributed by atoms with van der Waals surface area (Å²) in [6.07, 6.45) is 0.754. The van der Waals surface area contributed by atoms with Gasteiger partial charge in [-0.05, 0) is 25.0 Å². The van der Waals surface area contributed by atoms with Crippen LogP contribution >= 0.6 is 0 Å². The summed E-state index contributed by atoms with van der Waals surface area (Å²) in [4.78, 5) is 11.4. The molecule has 0 aliphatic rings. The maximum atomic E-state index is 11.4. The van der Waals surface area contributed by atoms with E-state index in [1.807, 2.05) is 0 Å². The third-order valence-corrected chi connectivity index (χ3v) is 2.82. The number of unbranched alkanes of at least 4 members (excludes halogenated alkanes) is 1. The first-order chi connectivity index (χ1) is 7.99. The molecule has 18 heavy (non-hydrogen) atoms. The van der Waals surface area contributed by atoms with Gasteiger partial charge in [-0.1, -0.05) is 18.2 Å². The van der Waals surface area contributed by atoms with Crippen LogP contribution in [-0.2, 0) is 10.1 Å². The molecule has 0 aliphatic heterocycles. The third-order valence-electron chi connectivity index (χ3n) is 2.01. The summed E-state index contributed by atoms with van der Waals surface area (Å²) in [5, 5.41) is 0. The average Bonchev–Trinajstić information content (AvgIpc) is 2.42. The molecule has 1 aromatic carbocycles. The zero-order valence-electron chi connectivity index (χ0n) is 11.2. The Labute approximate surface area is 150 Å². The molecule has 0 unspecified atom stereocenters. The second kappa shape index (κ2) is 9.19. The van der Waals surface area contributed by atoms with Gasteiger partial charge < -0.3 is 6.16 Å². The van der Waals surface area contributed by atoms with Crippen molar-refractivity contribution in [2.45, 2.75) is 12.8 Å². The molecule has 0 spiro atoms. The van der Waals surface area contributed by atoms with Crippen molar-refractivity contribution in [3.63, 3.8) is 0 Å². The fraction of sp³-hybridized carbons (Fsp3) is 0.364. The van der Waals surface area contributed by atoms with E-state index < -0.39 is 10.1 Å². The summed E-state index contributed by atoms with van der Waals surface area (Å²) in [6, 6.07) is 7.98. The van der Waals surface area contributed by atoms with Gasteiger partial charge in [0.2, 0.25) is 5.43 Å². The van der Waals surface area contributed by atoms with Crippen LogP contribution in [0.1, 0.15) is 14.3 Å². The minimum Gasteiger partial charge on any atom is -1.00 e. The van der Waals surface area contributed by atoms with Gasteiger partial charge in [-0.2, -0.15) is 8.42 Å². The summed E-state index contributed by atoms with van der Waals surface area (Å²) in [7, 11) is -3.91. The number of hydrogen-bond donors (Lipinski definition) is 1. The van der Waals surface area contributed by atoms with E-state index in [2.05, 4.69) is 0 Å². The van der Waals surface area contributed by atoms with Crippen molar-refractivity contribution >= 4 is 10.1 Å². The SMILES string of the molecule is O=c1cccccc1OCCCCS(=O)(=O)O.[H-].[K+]. The Morgan fingerprint density at radius 2 is 1.83 bits per heavy atom. The molecule has 0 fully saturated rings. The van der Waals surface area contributed by atoms with E-state index in [1.54, 1.807) is 24.3 Å². The quantitative estimate of drug-likeness (QED) is 0.381. The Hall–Kier alpha value is 0.236. The summed E-state index contributed by atoms with van der Waals surface area (Å²) >= 11 is 0. The fourth-order valence-corrected chi connectivity index (χ4v) is 1.77. The standard InChI is InChI=1S/C11H14O5S.K.H/c12-10-6-2-1-3-7-11(10)16-8-4-5-9-17(13,14)15;;/h1-3,6-7H,4-5,8-9H2,(H,13,14,15);;/q;+1;-1. The topological polar surface area (TPSA) is 80.7 Å². The number of hydrogen-bond acceptors (Lipinski definition) is 4. The van der Waals surface area contributed by atoms with Crippen LogP contribution < -0.4 is 61.6 Å². The number of rotatable bonds is 6. The second-order valence-corrected chi connectivity index (χ2v) is 5.05. The fourth-order valence-electron chi connectivity index (χ4n) is 1.20. The molecule has 0 amide bonds. The van der Waals surface area contributed by atoms with Crippen molar-refractivity contribution in [3.05, 3.63) is 40.6 Å². The molecular weight excluding hydrogens is 283 g/mol. The molecule has 1 N–H and O–H groups in total. The van der Waals surface area contributed by atoms with Gasteiger partial charge in [0.15, 0.2) is 5.75 Å². The molecule has 5 nitrogen and oxygen atoms in total. The third kappa shape index (κ3) is 8.36. The van der Waals surface area contributed by atoms with E-state index in [9.17, 15) is 13.2 Å². The summed E-state index contributed by atoms with van der Waals surface area (Å²) < 4.78 is 34.6. The van der Waals surface area contributed by atoms with E-state index in [4.69, 9.17) is 9.29 Å². The molecule has 0 aromatic heterocycles. The minimum atomic E-state index is -3.91. The van der Waals surface area contributed by atoms with Crippen LogP contribution in [0.2, 0.25) is 0 Å². The first-order valence-electron chi connectivity index (χ1n) is 5.16. The maximum Gasteiger partial charge on any atom is 1.00 e. The van der Waals surface area contributed by atoms with E-state index in [0.717, 1.165) is 0 Å². The molecule has 0 saturated carbocycles. The van der Waals surface area contributed by atoms with Crippen LogP contribution in [0.25, 0.3) is 0 Å². The molecule has 96 valence electrons. The molecule has 0 atom stereocenters. The van der Waals surface area contributed by atoms with E-state index in [-0.39, 0.29) is 76.3 Å². The van der Waals surface area contributed by atoms with Gasteiger partial charge in [-0.15, -0.1) is 0 Å². The van der Waals surface area contributed by atoms with Gasteiger partial charge in [-0.25, -0.2) is 0 Å². The molecule has 1 rings (SSSR count). The average molecular weight is 298 g/mol. The molecule has 7 heteroatoms. The van der Waals surface area contributed by atoms with Crippen LogP contribution in [0, 0.1) is 0 Å². The van der Waals surface area contributed by atoms with Crippen LogP contribution in [-0.4, -0.2) is 25.3 Å². The minimum absolute atomic E-state index is 0. The van der Waals surface area contributed by atoms with Crippen molar-refractivity contribution < 1.29 is 70.5 Å². The zero-order valence-corrected chi connectivity index (χ0v) is 14.1. The first kappa shape index (κ1) is 18.2. The molecule has 0 heterocycles. The Bertz CT molecular complexity index is 521. The van der Waals surface area contributed by atoms with Gasteiger partial charge in [0.05, 0.1) is 12.4 Å². The Morgan fingerprint density at radius 3 is 2.50 bits per heavy atom. The Kier molecular flexibility index (Phi) is 9.31. The number of ether oxygens (including phenoxy) is 1. The van der Waals surface area contributed by atoms with Gasteiger partial charge in [0.1, 0.15) is 0 Å². The van der Waals surface area contributed by atoms with Crippen LogP contribution in [0.4, 0.5) is 0 Å². The van der Waals surface area contributed by atoms with Crippen molar-refractivity contribution in [1.29, 1.82) is 0 Å². The summed E-state index contributed by atoms with van der Waals surface area (Å²) in [6.45, 7) is 0.245. The van der Waals surface area contributed by atoms with Crippen molar-refractivity contribution in [2.24, 2.45) is 0 Å². The van der Waals surface area contributed by atoms with Gasteiger partial charge in [0, 0.05) is 0 Å². The molecule has 0 bridgehead atoms. The van der Waals surface area contributed by atoms with Crippen molar-refractivity contribution in [3.8, 4) is 5.75 Å². The molecule has 0 saturated heterocycles. The zero-order chi connectivity index (χ0) is 12.7. The van der Waals surface area contributed by atoms with Gasteiger partial charge in [-0.3, -0.25) is 9.35 Å². The summed E-state index contributed by atoms with van der Waals surface area (Å²) in [5.41, 5.74) is -0.218.